The lowest BCUT2D eigenvalue weighted by Gasteiger charge is -2.21. The molecule has 7 N–H and O–H groups in total. The normalized spacial score (nSPS) is 18.2. The predicted molar refractivity (Wildman–Crippen MR) is 142 cm³/mol. The molecule has 1 heterocycles. The van der Waals surface area contributed by atoms with Crippen molar-refractivity contribution in [3.8, 4) is 5.75 Å². The van der Waals surface area contributed by atoms with Crippen molar-refractivity contribution in [3.63, 3.8) is 0 Å². The molecule has 40 heavy (non-hydrogen) atoms. The number of aromatic hydroxyl groups is 1. The molecule has 0 bridgehead atoms. The Labute approximate surface area is 232 Å². The zero-order valence-corrected chi connectivity index (χ0v) is 21.8. The summed E-state index contributed by atoms with van der Waals surface area (Å²) in [6, 6.07) is 7.14. The van der Waals surface area contributed by atoms with E-state index >= 15 is 0 Å². The highest BCUT2D eigenvalue weighted by molar-refractivity contribution is 6.30. The van der Waals surface area contributed by atoms with Crippen LogP contribution in [-0.4, -0.2) is 71.2 Å². The van der Waals surface area contributed by atoms with Crippen molar-refractivity contribution in [2.24, 2.45) is 4.99 Å². The highest BCUT2D eigenvalue weighted by atomic mass is 35.5. The summed E-state index contributed by atoms with van der Waals surface area (Å²) in [5, 5.41) is 39.8. The number of carboxylic acids is 1. The average Bonchev–Trinajstić information content (AvgIpc) is 3.70. The molecule has 1 aliphatic heterocycles. The van der Waals surface area contributed by atoms with Crippen molar-refractivity contribution in [2.75, 3.05) is 25.0 Å². The van der Waals surface area contributed by atoms with E-state index in [1.54, 1.807) is 0 Å². The van der Waals surface area contributed by atoms with Crippen LogP contribution in [0.15, 0.2) is 41.4 Å². The lowest BCUT2D eigenvalue weighted by molar-refractivity contribution is -0.137. The monoisotopic (exact) mass is 579 g/mol. The standard InChI is InChI=1S/C26H28ClF2N5O6/c27-16-4-13(3-15(7-16)26(1-2-26)24(28)29)20(9-22(38)39)34-21(37)12-30-23(40)14-5-17(8-18(35)6-14)33-25-31-10-19(36)11-32-25/h3-8,19-20,24,35-36H,1-2,9-12H2,(H,30,40)(H,34,37)(H,38,39)(H2,31,32,33)/t20-/m0/s1. The second-order valence-corrected chi connectivity index (χ2v) is 10.2. The van der Waals surface area contributed by atoms with Gasteiger partial charge in [0, 0.05) is 28.9 Å². The van der Waals surface area contributed by atoms with Crippen molar-refractivity contribution in [2.45, 2.75) is 43.2 Å². The van der Waals surface area contributed by atoms with Crippen LogP contribution < -0.4 is 21.3 Å². The lowest BCUT2D eigenvalue weighted by atomic mass is 9.92. The minimum Gasteiger partial charge on any atom is -0.508 e. The van der Waals surface area contributed by atoms with E-state index in [1.807, 2.05) is 0 Å². The molecule has 14 heteroatoms. The van der Waals surface area contributed by atoms with Gasteiger partial charge in [0.05, 0.1) is 37.1 Å². The molecule has 1 saturated carbocycles. The molecule has 0 aromatic heterocycles. The average molecular weight is 580 g/mol. The Morgan fingerprint density at radius 1 is 1.15 bits per heavy atom. The largest absolute Gasteiger partial charge is 0.508 e. The van der Waals surface area contributed by atoms with E-state index in [1.165, 1.54) is 36.4 Å². The Hall–Kier alpha value is -3.97. The van der Waals surface area contributed by atoms with Gasteiger partial charge in [-0.1, -0.05) is 17.7 Å². The number of halogens is 3. The Morgan fingerprint density at radius 2 is 1.90 bits per heavy atom. The number of phenols is 1. The Morgan fingerprint density at radius 3 is 2.52 bits per heavy atom. The fourth-order valence-electron chi connectivity index (χ4n) is 4.37. The minimum atomic E-state index is -2.62. The van der Waals surface area contributed by atoms with E-state index in [4.69, 9.17) is 11.6 Å². The van der Waals surface area contributed by atoms with Gasteiger partial charge in [-0.05, 0) is 48.2 Å². The van der Waals surface area contributed by atoms with Crippen LogP contribution in [0.5, 0.6) is 5.75 Å². The van der Waals surface area contributed by atoms with Crippen molar-refractivity contribution in [1.82, 2.24) is 16.0 Å². The number of guanidine groups is 1. The first-order chi connectivity index (χ1) is 18.9. The molecule has 1 fully saturated rings. The molecule has 1 unspecified atom stereocenters. The molecule has 11 nitrogen and oxygen atoms in total. The number of β-amino-alcohol motifs (C(OH)–C–C–N with tert-alkyl or cyclic N) is 1. The minimum absolute atomic E-state index is 0.0232. The quantitative estimate of drug-likeness (QED) is 0.224. The molecule has 2 atom stereocenters. The van der Waals surface area contributed by atoms with Gasteiger partial charge in [-0.3, -0.25) is 19.4 Å². The third-order valence-corrected chi connectivity index (χ3v) is 6.85. The third kappa shape index (κ3) is 7.16. The summed E-state index contributed by atoms with van der Waals surface area (Å²) in [4.78, 5) is 41.0. The van der Waals surface area contributed by atoms with Gasteiger partial charge in [-0.25, -0.2) is 8.78 Å². The number of alkyl halides is 2. The highest BCUT2D eigenvalue weighted by Crippen LogP contribution is 2.53. The van der Waals surface area contributed by atoms with E-state index in [-0.39, 0.29) is 53.4 Å². The Balaban J connectivity index is 1.42. The molecule has 0 radical (unpaired) electrons. The molecule has 2 amide bonds. The second kappa shape index (κ2) is 12.0. The maximum absolute atomic E-state index is 13.7. The van der Waals surface area contributed by atoms with Gasteiger partial charge < -0.3 is 36.6 Å². The number of nitrogens with zero attached hydrogens (tertiary/aromatic N) is 1. The maximum atomic E-state index is 13.7. The SMILES string of the molecule is O=C(O)C[C@H](NC(=O)CNC(=O)c1cc(O)cc(NC2=NCC(O)CN2)c1)c1cc(Cl)cc(C2(C(F)F)CC2)c1. The number of aliphatic hydroxyl groups is 1. The number of phenolic OH excluding ortho intramolecular Hbond substituents is 1. The van der Waals surface area contributed by atoms with E-state index in [0.29, 0.717) is 11.6 Å². The number of carbonyl (C=O) groups is 3. The summed E-state index contributed by atoms with van der Waals surface area (Å²) in [5.41, 5.74) is -0.446. The number of aliphatic hydroxyl groups excluding tert-OH is 1. The number of benzene rings is 2. The first-order valence-corrected chi connectivity index (χ1v) is 12.8. The van der Waals surface area contributed by atoms with Gasteiger partial charge in [0.2, 0.25) is 12.3 Å². The van der Waals surface area contributed by atoms with Crippen LogP contribution in [0.4, 0.5) is 14.5 Å². The predicted octanol–water partition coefficient (Wildman–Crippen LogP) is 2.14. The fraction of sp³-hybridized carbons (Fsp3) is 0.385. The van der Waals surface area contributed by atoms with Crippen LogP contribution in [0.2, 0.25) is 5.02 Å². The highest BCUT2D eigenvalue weighted by Gasteiger charge is 2.52. The van der Waals surface area contributed by atoms with Crippen LogP contribution in [0.25, 0.3) is 0 Å². The number of rotatable bonds is 10. The molecule has 0 spiro atoms. The molecule has 2 aromatic carbocycles. The summed E-state index contributed by atoms with van der Waals surface area (Å²) in [6.07, 6.45) is -3.24. The first-order valence-electron chi connectivity index (χ1n) is 12.4. The van der Waals surface area contributed by atoms with Crippen molar-refractivity contribution in [3.05, 3.63) is 58.1 Å². The van der Waals surface area contributed by atoms with Gasteiger partial charge in [0.25, 0.3) is 5.91 Å². The number of anilines is 1. The van der Waals surface area contributed by atoms with E-state index in [9.17, 15) is 38.5 Å². The Kier molecular flexibility index (Phi) is 8.74. The summed E-state index contributed by atoms with van der Waals surface area (Å²) >= 11 is 6.16. The molecule has 0 saturated heterocycles. The fourth-order valence-corrected chi connectivity index (χ4v) is 4.61. The van der Waals surface area contributed by atoms with Crippen LogP contribution in [-0.2, 0) is 15.0 Å². The van der Waals surface area contributed by atoms with Crippen molar-refractivity contribution in [1.29, 1.82) is 0 Å². The van der Waals surface area contributed by atoms with Crippen LogP contribution in [0.3, 0.4) is 0 Å². The van der Waals surface area contributed by atoms with Gasteiger partial charge in [0.15, 0.2) is 5.96 Å². The molecular formula is C26H28ClF2N5O6. The van der Waals surface area contributed by atoms with Crippen LogP contribution in [0.1, 0.15) is 46.8 Å². The zero-order chi connectivity index (χ0) is 29.0. The van der Waals surface area contributed by atoms with E-state index in [2.05, 4.69) is 26.3 Å². The summed E-state index contributed by atoms with van der Waals surface area (Å²) in [6.45, 7) is -0.0729. The number of aliphatic imine (C=N–C) groups is 1. The number of amides is 2. The number of aliphatic carboxylic acids is 1. The number of nitrogens with one attached hydrogen (secondary N) is 4. The molecule has 2 aliphatic rings. The van der Waals surface area contributed by atoms with Gasteiger partial charge in [-0.15, -0.1) is 0 Å². The van der Waals surface area contributed by atoms with Crippen LogP contribution in [0, 0.1) is 0 Å². The van der Waals surface area contributed by atoms with Crippen molar-refractivity contribution < 1.29 is 38.5 Å². The molecule has 1 aliphatic carbocycles. The number of carbonyl (C=O) groups excluding carboxylic acids is 2. The first kappa shape index (κ1) is 29.0. The molecule has 2 aromatic rings. The lowest BCUT2D eigenvalue weighted by Crippen LogP contribution is -2.42. The van der Waals surface area contributed by atoms with Crippen LogP contribution >= 0.6 is 11.6 Å². The number of hydrogen-bond donors (Lipinski definition) is 7. The number of hydrogen-bond acceptors (Lipinski definition) is 8. The maximum Gasteiger partial charge on any atom is 0.305 e. The smallest absolute Gasteiger partial charge is 0.305 e. The third-order valence-electron chi connectivity index (χ3n) is 6.64. The Bertz CT molecular complexity index is 1340. The molecular weight excluding hydrogens is 552 g/mol. The molecule has 214 valence electrons. The van der Waals surface area contributed by atoms with Gasteiger partial charge >= 0.3 is 5.97 Å². The molecule has 4 rings (SSSR count). The summed E-state index contributed by atoms with van der Waals surface area (Å²) in [5.74, 6) is -2.55. The summed E-state index contributed by atoms with van der Waals surface area (Å²) < 4.78 is 27.3. The van der Waals surface area contributed by atoms with E-state index < -0.39 is 54.7 Å². The zero-order valence-electron chi connectivity index (χ0n) is 21.1. The van der Waals surface area contributed by atoms with E-state index in [0.717, 1.165) is 0 Å². The van der Waals surface area contributed by atoms with Gasteiger partial charge in [0.1, 0.15) is 5.75 Å². The summed E-state index contributed by atoms with van der Waals surface area (Å²) in [7, 11) is 0. The second-order valence-electron chi connectivity index (χ2n) is 9.75. The van der Waals surface area contributed by atoms with Crippen molar-refractivity contribution >= 4 is 41.0 Å². The topological polar surface area (TPSA) is 172 Å². The number of carboxylic acid groups (broad SMARTS) is 1. The van der Waals surface area contributed by atoms with Gasteiger partial charge in [-0.2, -0.15) is 0 Å².